The molecule has 24 nitrogen and oxygen atoms in total. The van der Waals surface area contributed by atoms with Gasteiger partial charge >= 0.3 is 17.9 Å². The Morgan fingerprint density at radius 1 is 0.613 bits per heavy atom. The number of carbonyl (C=O) groups excluding carboxylic acids is 8. The Labute approximate surface area is 356 Å². The van der Waals surface area contributed by atoms with Crippen molar-refractivity contribution in [1.29, 1.82) is 0 Å². The molecule has 344 valence electrons. The molecule has 8 atom stereocenters. The van der Waals surface area contributed by atoms with Crippen molar-refractivity contribution in [3.8, 4) is 0 Å². The molecule has 0 aromatic heterocycles. The van der Waals surface area contributed by atoms with E-state index < -0.39 is 140 Å². The van der Waals surface area contributed by atoms with Gasteiger partial charge in [-0.2, -0.15) is 0 Å². The van der Waals surface area contributed by atoms with Crippen molar-refractivity contribution in [2.45, 2.75) is 132 Å². The molecule has 0 aromatic rings. The highest BCUT2D eigenvalue weighted by atomic mass is 16.4. The second kappa shape index (κ2) is 22.8. The van der Waals surface area contributed by atoms with Gasteiger partial charge in [0.05, 0.1) is 19.2 Å². The number of likely N-dealkylation sites (tertiary alicyclic amines) is 3. The number of rotatable bonds is 21. The number of aliphatic hydroxyl groups is 1. The SMILES string of the molecule is C[C@H](NC(=O)[C@H](CO)NC(=O)[C@@H]1CCCN1C(=O)CNC(=O)[C@@H]1CCCN1)C(=O)N1CCC[C@H]1C(=O)N1CCC[C@H]1C(=O)N[C@@H](CCC(=O)O)C(=O)N[C@@H](CCC(=O)O)C(=O)O. The molecule has 4 aliphatic rings. The molecule has 4 fully saturated rings. The molecule has 4 saturated heterocycles. The van der Waals surface area contributed by atoms with Gasteiger partial charge < -0.3 is 67.0 Å². The van der Waals surface area contributed by atoms with E-state index in [0.29, 0.717) is 32.2 Å². The summed E-state index contributed by atoms with van der Waals surface area (Å²) in [5.41, 5.74) is 0. The van der Waals surface area contributed by atoms with Crippen LogP contribution in [0.5, 0.6) is 0 Å². The van der Waals surface area contributed by atoms with Crippen LogP contribution in [0.25, 0.3) is 0 Å². The van der Waals surface area contributed by atoms with Gasteiger partial charge in [-0.15, -0.1) is 0 Å². The maximum absolute atomic E-state index is 14.0. The Morgan fingerprint density at radius 3 is 1.71 bits per heavy atom. The summed E-state index contributed by atoms with van der Waals surface area (Å²) in [6.45, 7) is 1.34. The molecule has 4 rings (SSSR count). The summed E-state index contributed by atoms with van der Waals surface area (Å²) >= 11 is 0. The third-order valence-electron chi connectivity index (χ3n) is 11.4. The first-order valence-corrected chi connectivity index (χ1v) is 20.8. The zero-order chi connectivity index (χ0) is 45.7. The quantitative estimate of drug-likeness (QED) is 0.0520. The molecular weight excluding hydrogens is 822 g/mol. The van der Waals surface area contributed by atoms with Gasteiger partial charge in [0.2, 0.25) is 47.3 Å². The molecule has 0 bridgehead atoms. The first-order chi connectivity index (χ1) is 29.4. The van der Waals surface area contributed by atoms with Crippen molar-refractivity contribution in [3.05, 3.63) is 0 Å². The average molecular weight is 880 g/mol. The van der Waals surface area contributed by atoms with Crippen molar-refractivity contribution >= 4 is 65.2 Å². The van der Waals surface area contributed by atoms with E-state index >= 15 is 0 Å². The first kappa shape index (κ1) is 48.8. The van der Waals surface area contributed by atoms with Crippen molar-refractivity contribution in [2.24, 2.45) is 0 Å². The van der Waals surface area contributed by atoms with E-state index in [4.69, 9.17) is 5.11 Å². The van der Waals surface area contributed by atoms with Crippen molar-refractivity contribution < 1.29 is 73.2 Å². The topological polar surface area (TPSA) is 351 Å². The number of hydrogen-bond acceptors (Lipinski definition) is 13. The van der Waals surface area contributed by atoms with Gasteiger partial charge in [0, 0.05) is 32.5 Å². The Kier molecular flexibility index (Phi) is 17.9. The summed E-state index contributed by atoms with van der Waals surface area (Å²) in [6, 6.07) is -9.52. The smallest absolute Gasteiger partial charge is 0.326 e. The van der Waals surface area contributed by atoms with E-state index in [1.54, 1.807) is 0 Å². The Morgan fingerprint density at radius 2 is 1.15 bits per heavy atom. The summed E-state index contributed by atoms with van der Waals surface area (Å²) in [5, 5.41) is 52.8. The van der Waals surface area contributed by atoms with Crippen LogP contribution in [-0.4, -0.2) is 188 Å². The zero-order valence-corrected chi connectivity index (χ0v) is 34.5. The first-order valence-electron chi connectivity index (χ1n) is 20.8. The predicted molar refractivity (Wildman–Crippen MR) is 210 cm³/mol. The number of carbonyl (C=O) groups is 11. The van der Waals surface area contributed by atoms with Crippen LogP contribution >= 0.6 is 0 Å². The van der Waals surface area contributed by atoms with E-state index in [2.05, 4.69) is 31.9 Å². The molecule has 0 saturated carbocycles. The van der Waals surface area contributed by atoms with Crippen LogP contribution in [0.1, 0.15) is 84.0 Å². The van der Waals surface area contributed by atoms with Gasteiger partial charge in [-0.05, 0) is 77.7 Å². The van der Waals surface area contributed by atoms with Gasteiger partial charge in [0.25, 0.3) is 0 Å². The summed E-state index contributed by atoms with van der Waals surface area (Å²) in [6.07, 6.45) is 1.22. The second-order valence-corrected chi connectivity index (χ2v) is 15.8. The van der Waals surface area contributed by atoms with Crippen LogP contribution in [0.4, 0.5) is 0 Å². The predicted octanol–water partition coefficient (Wildman–Crippen LogP) is -4.41. The highest BCUT2D eigenvalue weighted by Crippen LogP contribution is 2.26. The minimum Gasteiger partial charge on any atom is -0.481 e. The fraction of sp³-hybridized carbons (Fsp3) is 0.711. The van der Waals surface area contributed by atoms with Crippen molar-refractivity contribution in [3.63, 3.8) is 0 Å². The lowest BCUT2D eigenvalue weighted by Crippen LogP contribution is -2.59. The lowest BCUT2D eigenvalue weighted by molar-refractivity contribution is -0.148. The molecule has 0 spiro atoms. The molecule has 0 aliphatic carbocycles. The standard InChI is InChI=1S/C38H57N9O15/c1-20(41-33(56)24(19-48)44-34(57)25-7-3-15-45(25)28(49)18-40-31(54)21-6-2-14-39-21)36(59)47-17-5-9-27(47)37(60)46-16-4-8-26(46)35(58)42-22(10-12-29(50)51)32(55)43-23(38(61)62)11-13-30(52)53/h20-27,39,48H,2-19H2,1H3,(H,40,54)(H,41,56)(H,42,58)(H,43,55)(H,44,57)(H,50,51)(H,52,53)(H,61,62)/t20-,21-,22-,23-,24-,25-,26-,27-/m0/s1. The van der Waals surface area contributed by atoms with E-state index in [1.807, 2.05) is 0 Å². The van der Waals surface area contributed by atoms with Gasteiger partial charge in [-0.25, -0.2) is 4.79 Å². The molecular formula is C38H57N9O15. The molecule has 24 heteroatoms. The number of aliphatic carboxylic acids is 3. The Bertz CT molecular complexity index is 1740. The number of nitrogens with zero attached hydrogens (tertiary/aromatic N) is 3. The van der Waals surface area contributed by atoms with E-state index in [9.17, 15) is 68.1 Å². The van der Waals surface area contributed by atoms with Gasteiger partial charge in [0.1, 0.15) is 42.3 Å². The highest BCUT2D eigenvalue weighted by molar-refractivity contribution is 5.98. The molecule has 8 amide bonds. The minimum atomic E-state index is -1.65. The highest BCUT2D eigenvalue weighted by Gasteiger charge is 2.44. The summed E-state index contributed by atoms with van der Waals surface area (Å²) in [4.78, 5) is 144. The van der Waals surface area contributed by atoms with Crippen LogP contribution < -0.4 is 31.9 Å². The maximum Gasteiger partial charge on any atom is 0.326 e. The Balaban J connectivity index is 1.33. The normalized spacial score (nSPS) is 22.8. The molecule has 4 heterocycles. The largest absolute Gasteiger partial charge is 0.481 e. The number of aliphatic hydroxyl groups excluding tert-OH is 1. The Hall–Kier alpha value is -5.91. The van der Waals surface area contributed by atoms with Crippen LogP contribution in [-0.2, 0) is 52.7 Å². The van der Waals surface area contributed by atoms with Gasteiger partial charge in [-0.1, -0.05) is 0 Å². The second-order valence-electron chi connectivity index (χ2n) is 15.8. The fourth-order valence-electron chi connectivity index (χ4n) is 8.10. The number of hydrogen-bond donors (Lipinski definition) is 10. The lowest BCUT2D eigenvalue weighted by atomic mass is 10.1. The molecule has 4 aliphatic heterocycles. The number of carboxylic acids is 3. The minimum absolute atomic E-state index is 0.0957. The van der Waals surface area contributed by atoms with E-state index in [1.165, 1.54) is 21.6 Å². The monoisotopic (exact) mass is 879 g/mol. The molecule has 0 radical (unpaired) electrons. The van der Waals surface area contributed by atoms with Crippen LogP contribution in [0.2, 0.25) is 0 Å². The van der Waals surface area contributed by atoms with Crippen molar-refractivity contribution in [2.75, 3.05) is 39.3 Å². The summed E-state index contributed by atoms with van der Waals surface area (Å²) in [7, 11) is 0. The van der Waals surface area contributed by atoms with Gasteiger partial charge in [-0.3, -0.25) is 47.9 Å². The molecule has 10 N–H and O–H groups in total. The lowest BCUT2D eigenvalue weighted by Gasteiger charge is -2.33. The number of amides is 8. The third-order valence-corrected chi connectivity index (χ3v) is 11.4. The number of nitrogens with one attached hydrogen (secondary N) is 6. The van der Waals surface area contributed by atoms with Crippen LogP contribution in [0, 0.1) is 0 Å². The molecule has 0 unspecified atom stereocenters. The van der Waals surface area contributed by atoms with E-state index in [-0.39, 0.29) is 51.3 Å². The molecule has 0 aromatic carbocycles. The zero-order valence-electron chi connectivity index (χ0n) is 34.5. The van der Waals surface area contributed by atoms with Crippen molar-refractivity contribution in [1.82, 2.24) is 46.6 Å². The third kappa shape index (κ3) is 13.0. The summed E-state index contributed by atoms with van der Waals surface area (Å²) in [5.74, 6) is -9.76. The van der Waals surface area contributed by atoms with Gasteiger partial charge in [0.15, 0.2) is 0 Å². The van der Waals surface area contributed by atoms with Crippen LogP contribution in [0.3, 0.4) is 0 Å². The maximum atomic E-state index is 14.0. The number of carboxylic acid groups (broad SMARTS) is 3. The molecule has 62 heavy (non-hydrogen) atoms. The average Bonchev–Trinajstić information content (AvgIpc) is 4.08. The van der Waals surface area contributed by atoms with E-state index in [0.717, 1.165) is 6.42 Å². The fourth-order valence-corrected chi connectivity index (χ4v) is 8.10. The van der Waals surface area contributed by atoms with Crippen LogP contribution in [0.15, 0.2) is 0 Å². The summed E-state index contributed by atoms with van der Waals surface area (Å²) < 4.78 is 0.